The van der Waals surface area contributed by atoms with Crippen LogP contribution in [0.3, 0.4) is 0 Å². The maximum absolute atomic E-state index is 12.0. The molecule has 2 heterocycles. The third-order valence-electron chi connectivity index (χ3n) is 3.40. The monoisotopic (exact) mass is 279 g/mol. The quantitative estimate of drug-likeness (QED) is 0.797. The van der Waals surface area contributed by atoms with Crippen molar-refractivity contribution in [2.24, 2.45) is 0 Å². The lowest BCUT2D eigenvalue weighted by Crippen LogP contribution is -2.24. The highest BCUT2D eigenvalue weighted by Gasteiger charge is 2.08. The first-order valence-electron chi connectivity index (χ1n) is 6.96. The summed E-state index contributed by atoms with van der Waals surface area (Å²) in [4.78, 5) is 16.5. The summed E-state index contributed by atoms with van der Waals surface area (Å²) in [7, 11) is 0. The molecule has 1 N–H and O–H groups in total. The Morgan fingerprint density at radius 1 is 1.19 bits per heavy atom. The van der Waals surface area contributed by atoms with Gasteiger partial charge in [-0.1, -0.05) is 36.4 Å². The van der Waals surface area contributed by atoms with Crippen LogP contribution < -0.4 is 5.32 Å². The molecule has 1 aromatic carbocycles. The van der Waals surface area contributed by atoms with Crippen molar-refractivity contribution in [2.45, 2.75) is 19.9 Å². The molecular weight excluding hydrogens is 262 g/mol. The van der Waals surface area contributed by atoms with Gasteiger partial charge in [-0.25, -0.2) is 4.98 Å². The molecule has 1 amide bonds. The van der Waals surface area contributed by atoms with E-state index in [1.807, 2.05) is 66.2 Å². The standard InChI is InChI=1S/C17H17N3O/c1-13-6-5-9-20-12-15(19-17(13)20)10-16(21)18-11-14-7-3-2-4-8-14/h2-9,12H,10-11H2,1H3,(H,18,21). The molecule has 0 bridgehead atoms. The highest BCUT2D eigenvalue weighted by molar-refractivity contribution is 5.78. The van der Waals surface area contributed by atoms with Gasteiger partial charge in [-0.15, -0.1) is 0 Å². The summed E-state index contributed by atoms with van der Waals surface area (Å²) in [5.74, 6) is -0.0140. The molecule has 0 aliphatic rings. The van der Waals surface area contributed by atoms with Gasteiger partial charge < -0.3 is 9.72 Å². The second-order valence-electron chi connectivity index (χ2n) is 5.09. The van der Waals surface area contributed by atoms with Gasteiger partial charge in [0.25, 0.3) is 0 Å². The zero-order valence-corrected chi connectivity index (χ0v) is 11.9. The minimum atomic E-state index is -0.0140. The lowest BCUT2D eigenvalue weighted by molar-refractivity contribution is -0.120. The number of hydrogen-bond donors (Lipinski definition) is 1. The van der Waals surface area contributed by atoms with Crippen molar-refractivity contribution in [1.82, 2.24) is 14.7 Å². The summed E-state index contributed by atoms with van der Waals surface area (Å²) < 4.78 is 1.95. The molecule has 21 heavy (non-hydrogen) atoms. The number of nitrogens with zero attached hydrogens (tertiary/aromatic N) is 2. The van der Waals surface area contributed by atoms with Crippen LogP contribution in [0, 0.1) is 6.92 Å². The van der Waals surface area contributed by atoms with Crippen molar-refractivity contribution < 1.29 is 4.79 Å². The molecule has 0 radical (unpaired) electrons. The van der Waals surface area contributed by atoms with Crippen molar-refractivity contribution in [2.75, 3.05) is 0 Å². The fraction of sp³-hybridized carbons (Fsp3) is 0.176. The average Bonchev–Trinajstić information content (AvgIpc) is 2.90. The average molecular weight is 279 g/mol. The number of aryl methyl sites for hydroxylation is 1. The summed E-state index contributed by atoms with van der Waals surface area (Å²) in [6, 6.07) is 13.9. The van der Waals surface area contributed by atoms with Crippen molar-refractivity contribution in [3.8, 4) is 0 Å². The summed E-state index contributed by atoms with van der Waals surface area (Å²) in [5, 5.41) is 2.92. The van der Waals surface area contributed by atoms with E-state index >= 15 is 0 Å². The van der Waals surface area contributed by atoms with Crippen LogP contribution >= 0.6 is 0 Å². The van der Waals surface area contributed by atoms with Crippen LogP contribution in [0.25, 0.3) is 5.65 Å². The van der Waals surface area contributed by atoms with E-state index in [-0.39, 0.29) is 5.91 Å². The van der Waals surface area contributed by atoms with Gasteiger partial charge in [-0.05, 0) is 24.1 Å². The SMILES string of the molecule is Cc1cccn2cc(CC(=O)NCc3ccccc3)nc12. The number of fused-ring (bicyclic) bond motifs is 1. The molecule has 3 rings (SSSR count). The van der Waals surface area contributed by atoms with Gasteiger partial charge in [0.05, 0.1) is 12.1 Å². The van der Waals surface area contributed by atoms with Crippen molar-refractivity contribution in [1.29, 1.82) is 0 Å². The molecule has 4 nitrogen and oxygen atoms in total. The maximum Gasteiger partial charge on any atom is 0.226 e. The fourth-order valence-electron chi connectivity index (χ4n) is 2.31. The molecule has 0 atom stereocenters. The van der Waals surface area contributed by atoms with Crippen LogP contribution in [0.4, 0.5) is 0 Å². The van der Waals surface area contributed by atoms with Crippen LogP contribution in [0.1, 0.15) is 16.8 Å². The van der Waals surface area contributed by atoms with Gasteiger partial charge in [-0.2, -0.15) is 0 Å². The second-order valence-corrected chi connectivity index (χ2v) is 5.09. The van der Waals surface area contributed by atoms with E-state index in [9.17, 15) is 4.79 Å². The Balaban J connectivity index is 1.65. The number of carbonyl (C=O) groups excluding carboxylic acids is 1. The lowest BCUT2D eigenvalue weighted by Gasteiger charge is -2.03. The minimum Gasteiger partial charge on any atom is -0.352 e. The van der Waals surface area contributed by atoms with E-state index in [1.165, 1.54) is 0 Å². The van der Waals surface area contributed by atoms with E-state index in [2.05, 4.69) is 10.3 Å². The number of amides is 1. The van der Waals surface area contributed by atoms with Crippen LogP contribution in [0.5, 0.6) is 0 Å². The van der Waals surface area contributed by atoms with Crippen molar-refractivity contribution in [3.63, 3.8) is 0 Å². The van der Waals surface area contributed by atoms with E-state index in [4.69, 9.17) is 0 Å². The number of imidazole rings is 1. The topological polar surface area (TPSA) is 46.4 Å². The summed E-state index contributed by atoms with van der Waals surface area (Å²) >= 11 is 0. The van der Waals surface area contributed by atoms with Crippen LogP contribution in [0.2, 0.25) is 0 Å². The molecular formula is C17H17N3O. The molecule has 106 valence electrons. The molecule has 0 spiro atoms. The first-order valence-corrected chi connectivity index (χ1v) is 6.96. The normalized spacial score (nSPS) is 10.7. The Bertz CT molecular complexity index is 762. The van der Waals surface area contributed by atoms with E-state index < -0.39 is 0 Å². The highest BCUT2D eigenvalue weighted by atomic mass is 16.1. The lowest BCUT2D eigenvalue weighted by atomic mass is 10.2. The largest absolute Gasteiger partial charge is 0.352 e. The van der Waals surface area contributed by atoms with Crippen LogP contribution in [0.15, 0.2) is 54.9 Å². The Labute approximate surface area is 123 Å². The van der Waals surface area contributed by atoms with Gasteiger partial charge in [-0.3, -0.25) is 4.79 Å². The number of hydrogen-bond acceptors (Lipinski definition) is 2. The number of rotatable bonds is 4. The molecule has 4 heteroatoms. The molecule has 2 aromatic heterocycles. The number of nitrogens with one attached hydrogen (secondary N) is 1. The van der Waals surface area contributed by atoms with Gasteiger partial charge in [0, 0.05) is 18.9 Å². The molecule has 0 aliphatic carbocycles. The highest BCUT2D eigenvalue weighted by Crippen LogP contribution is 2.10. The van der Waals surface area contributed by atoms with Crippen molar-refractivity contribution >= 4 is 11.6 Å². The summed E-state index contributed by atoms with van der Waals surface area (Å²) in [6.07, 6.45) is 4.15. The third-order valence-corrected chi connectivity index (χ3v) is 3.40. The number of aromatic nitrogens is 2. The minimum absolute atomic E-state index is 0.0140. The van der Waals surface area contributed by atoms with Crippen LogP contribution in [-0.4, -0.2) is 15.3 Å². The number of carbonyl (C=O) groups is 1. The Kier molecular flexibility index (Phi) is 3.69. The zero-order chi connectivity index (χ0) is 14.7. The Morgan fingerprint density at radius 3 is 2.76 bits per heavy atom. The van der Waals surface area contributed by atoms with Gasteiger partial charge in [0.1, 0.15) is 5.65 Å². The van der Waals surface area contributed by atoms with E-state index in [1.54, 1.807) is 0 Å². The number of benzene rings is 1. The molecule has 0 fully saturated rings. The summed E-state index contributed by atoms with van der Waals surface area (Å²) in [5.41, 5.74) is 3.89. The van der Waals surface area contributed by atoms with Gasteiger partial charge in [0.2, 0.25) is 5.91 Å². The molecule has 0 saturated heterocycles. The molecule has 0 unspecified atom stereocenters. The Hall–Kier alpha value is -2.62. The predicted octanol–water partition coefficient (Wildman–Crippen LogP) is 2.50. The van der Waals surface area contributed by atoms with Crippen molar-refractivity contribution in [3.05, 3.63) is 71.7 Å². The van der Waals surface area contributed by atoms with E-state index in [0.29, 0.717) is 13.0 Å². The predicted molar refractivity (Wildman–Crippen MR) is 81.9 cm³/mol. The maximum atomic E-state index is 12.0. The smallest absolute Gasteiger partial charge is 0.226 e. The second kappa shape index (κ2) is 5.79. The first-order chi connectivity index (χ1) is 10.2. The van der Waals surface area contributed by atoms with Gasteiger partial charge in [0.15, 0.2) is 0 Å². The molecule has 0 aliphatic heterocycles. The third kappa shape index (κ3) is 3.11. The molecule has 0 saturated carbocycles. The zero-order valence-electron chi connectivity index (χ0n) is 11.9. The number of pyridine rings is 1. The van der Waals surface area contributed by atoms with Crippen LogP contribution in [-0.2, 0) is 17.8 Å². The molecule has 3 aromatic rings. The van der Waals surface area contributed by atoms with E-state index in [0.717, 1.165) is 22.5 Å². The summed E-state index contributed by atoms with van der Waals surface area (Å²) in [6.45, 7) is 2.56. The van der Waals surface area contributed by atoms with Gasteiger partial charge >= 0.3 is 0 Å². The first kappa shape index (κ1) is 13.4. The fourth-order valence-corrected chi connectivity index (χ4v) is 2.31. The Morgan fingerprint density at radius 2 is 2.00 bits per heavy atom.